The molecule has 0 aliphatic heterocycles. The summed E-state index contributed by atoms with van der Waals surface area (Å²) in [5, 5.41) is 0. The number of phosphoric acid groups is 1. The molecule has 3 N–H and O–H groups in total. The van der Waals surface area contributed by atoms with Crippen LogP contribution in [-0.4, -0.2) is 49.9 Å². The van der Waals surface area contributed by atoms with Gasteiger partial charge in [-0.15, -0.1) is 0 Å². The molecule has 0 radical (unpaired) electrons. The van der Waals surface area contributed by atoms with E-state index in [2.05, 4.69) is 135 Å². The summed E-state index contributed by atoms with van der Waals surface area (Å²) in [7, 11) is -4.31. The van der Waals surface area contributed by atoms with Gasteiger partial charge in [0.1, 0.15) is 6.10 Å². The molecule has 0 saturated heterocycles. The first-order chi connectivity index (χ1) is 26.4. The third-order valence-electron chi connectivity index (χ3n) is 7.37. The molecule has 2 unspecified atom stereocenters. The highest BCUT2D eigenvalue weighted by Crippen LogP contribution is 2.43. The van der Waals surface area contributed by atoms with Crippen LogP contribution in [-0.2, 0) is 27.9 Å². The van der Waals surface area contributed by atoms with Crippen LogP contribution in [0.2, 0.25) is 0 Å². The lowest BCUT2D eigenvalue weighted by molar-refractivity contribution is -0.154. The van der Waals surface area contributed by atoms with Crippen molar-refractivity contribution in [2.45, 2.75) is 123 Å². The fourth-order valence-electron chi connectivity index (χ4n) is 4.53. The van der Waals surface area contributed by atoms with Crippen molar-refractivity contribution >= 4 is 13.8 Å². The second-order valence-electron chi connectivity index (χ2n) is 12.4. The van der Waals surface area contributed by atoms with Gasteiger partial charge in [-0.25, -0.2) is 4.57 Å². The van der Waals surface area contributed by atoms with E-state index in [1.807, 2.05) is 0 Å². The Hall–Kier alpha value is -3.10. The molecule has 0 amide bonds. The Morgan fingerprint density at radius 3 is 1.39 bits per heavy atom. The van der Waals surface area contributed by atoms with Crippen molar-refractivity contribution in [2.75, 3.05) is 33.0 Å². The number of nitrogens with two attached hydrogens (primary N) is 1. The second-order valence-corrected chi connectivity index (χ2v) is 13.8. The minimum atomic E-state index is -4.31. The van der Waals surface area contributed by atoms with E-state index in [9.17, 15) is 14.3 Å². The fourth-order valence-corrected chi connectivity index (χ4v) is 5.30. The Balaban J connectivity index is 4.29. The van der Waals surface area contributed by atoms with E-state index in [0.717, 1.165) is 89.9 Å². The zero-order valence-electron chi connectivity index (χ0n) is 33.4. The van der Waals surface area contributed by atoms with Crippen LogP contribution in [0.3, 0.4) is 0 Å². The van der Waals surface area contributed by atoms with Gasteiger partial charge < -0.3 is 20.1 Å². The van der Waals surface area contributed by atoms with E-state index in [0.29, 0.717) is 13.0 Å². The molecule has 9 heteroatoms. The number of unbranched alkanes of at least 4 members (excludes halogenated alkanes) is 3. The number of allylic oxidation sites excluding steroid dienone is 20. The van der Waals surface area contributed by atoms with Gasteiger partial charge >= 0.3 is 13.8 Å². The molecule has 2 atom stereocenters. The Morgan fingerprint density at radius 1 is 0.556 bits per heavy atom. The number of esters is 1. The first-order valence-electron chi connectivity index (χ1n) is 20.0. The van der Waals surface area contributed by atoms with Gasteiger partial charge in [0, 0.05) is 19.6 Å². The monoisotopic (exact) mass is 770 g/mol. The Kier molecular flexibility index (Phi) is 38.7. The first-order valence-corrected chi connectivity index (χ1v) is 21.5. The van der Waals surface area contributed by atoms with E-state index >= 15 is 0 Å². The molecule has 0 aliphatic rings. The summed E-state index contributed by atoms with van der Waals surface area (Å²) in [6.07, 6.45) is 56.6. The topological polar surface area (TPSA) is 117 Å². The molecule has 54 heavy (non-hydrogen) atoms. The zero-order chi connectivity index (χ0) is 39.5. The predicted molar refractivity (Wildman–Crippen MR) is 228 cm³/mol. The van der Waals surface area contributed by atoms with Gasteiger partial charge in [0.05, 0.1) is 19.8 Å². The number of carbonyl (C=O) groups is 1. The minimum absolute atomic E-state index is 0.0499. The van der Waals surface area contributed by atoms with Crippen LogP contribution in [0.25, 0.3) is 0 Å². The van der Waals surface area contributed by atoms with E-state index in [4.69, 9.17) is 24.3 Å². The van der Waals surface area contributed by atoms with E-state index in [1.54, 1.807) is 0 Å². The number of rotatable bonds is 36. The molecule has 304 valence electrons. The van der Waals surface area contributed by atoms with Crippen LogP contribution in [0.5, 0.6) is 0 Å². The summed E-state index contributed by atoms with van der Waals surface area (Å²) in [6.45, 7) is 4.42. The van der Waals surface area contributed by atoms with Crippen molar-refractivity contribution in [3.63, 3.8) is 0 Å². The Bertz CT molecular complexity index is 1230. The van der Waals surface area contributed by atoms with Crippen molar-refractivity contribution in [3.8, 4) is 0 Å². The van der Waals surface area contributed by atoms with Crippen molar-refractivity contribution in [2.24, 2.45) is 5.73 Å². The van der Waals surface area contributed by atoms with Gasteiger partial charge in [0.15, 0.2) is 0 Å². The maximum Gasteiger partial charge on any atom is 0.472 e. The highest BCUT2D eigenvalue weighted by atomic mass is 31.2. The molecule has 0 aromatic carbocycles. The number of carbonyl (C=O) groups excluding carboxylic acids is 1. The largest absolute Gasteiger partial charge is 0.472 e. The Labute approximate surface area is 328 Å². The molecule has 0 aliphatic carbocycles. The third kappa shape index (κ3) is 40.1. The van der Waals surface area contributed by atoms with Crippen molar-refractivity contribution < 1.29 is 32.8 Å². The molecule has 8 nitrogen and oxygen atoms in total. The lowest BCUT2D eigenvalue weighted by Gasteiger charge is -2.20. The number of phosphoric ester groups is 1. The lowest BCUT2D eigenvalue weighted by Crippen LogP contribution is -2.28. The fraction of sp³-hybridized carbons (Fsp3) is 0.533. The van der Waals surface area contributed by atoms with E-state index in [1.165, 1.54) is 0 Å². The molecule has 0 aromatic rings. The summed E-state index contributed by atoms with van der Waals surface area (Å²) in [5.74, 6) is -0.397. The number of hydrogen-bond donors (Lipinski definition) is 2. The summed E-state index contributed by atoms with van der Waals surface area (Å²) in [6, 6.07) is 0. The second kappa shape index (κ2) is 41.1. The van der Waals surface area contributed by atoms with Gasteiger partial charge in [-0.2, -0.15) is 0 Å². The molecular formula is C45H72NO7P. The molecule has 0 fully saturated rings. The molecule has 0 aromatic heterocycles. The molecule has 0 heterocycles. The quantitative estimate of drug-likeness (QED) is 0.0280. The van der Waals surface area contributed by atoms with Crippen LogP contribution in [0, 0.1) is 0 Å². The van der Waals surface area contributed by atoms with Crippen LogP contribution < -0.4 is 5.73 Å². The van der Waals surface area contributed by atoms with E-state index in [-0.39, 0.29) is 32.8 Å². The zero-order valence-corrected chi connectivity index (χ0v) is 34.3. The summed E-state index contributed by atoms with van der Waals surface area (Å²) in [4.78, 5) is 22.4. The average molecular weight is 770 g/mol. The highest BCUT2D eigenvalue weighted by molar-refractivity contribution is 7.47. The maximum absolute atomic E-state index is 12.5. The van der Waals surface area contributed by atoms with Gasteiger partial charge in [0.25, 0.3) is 0 Å². The van der Waals surface area contributed by atoms with Gasteiger partial charge in [-0.1, -0.05) is 135 Å². The normalized spacial score (nSPS) is 14.8. The standard InChI is InChI=1S/C45H72NO7P/c1-3-5-7-9-11-13-15-17-19-20-21-22-23-25-27-29-31-33-35-37-40-50-42-44(43-52-54(48,49)51-41-39-46)53-45(47)38-36-34-32-30-28-26-24-18-16-14-12-10-8-6-4-2/h5-8,11-14,17-19,21-22,24-25,27-28,30-31,33,44H,3-4,9-10,15-16,20,23,26,29,32,34-43,46H2,1-2H3,(H,48,49)/b7-5-,8-6-,13-11-,14-12-,19-17-,22-21-,24-18-,27-25-,30-28-,33-31-. The lowest BCUT2D eigenvalue weighted by atomic mass is 10.2. The van der Waals surface area contributed by atoms with E-state index < -0.39 is 19.9 Å². The van der Waals surface area contributed by atoms with Crippen LogP contribution in [0.1, 0.15) is 117 Å². The van der Waals surface area contributed by atoms with Gasteiger partial charge in [0.2, 0.25) is 0 Å². The minimum Gasteiger partial charge on any atom is -0.457 e. The van der Waals surface area contributed by atoms with Crippen molar-refractivity contribution in [3.05, 3.63) is 122 Å². The third-order valence-corrected chi connectivity index (χ3v) is 8.36. The smallest absolute Gasteiger partial charge is 0.457 e. The maximum atomic E-state index is 12.5. The van der Waals surface area contributed by atoms with Crippen LogP contribution >= 0.6 is 7.82 Å². The highest BCUT2D eigenvalue weighted by Gasteiger charge is 2.25. The first kappa shape index (κ1) is 50.9. The van der Waals surface area contributed by atoms with Crippen LogP contribution in [0.15, 0.2) is 122 Å². The van der Waals surface area contributed by atoms with Crippen LogP contribution in [0.4, 0.5) is 0 Å². The number of ether oxygens (including phenoxy) is 2. The van der Waals surface area contributed by atoms with Gasteiger partial charge in [-0.3, -0.25) is 13.8 Å². The number of hydrogen-bond acceptors (Lipinski definition) is 7. The molecule has 0 rings (SSSR count). The molecular weight excluding hydrogens is 697 g/mol. The molecule has 0 saturated carbocycles. The summed E-state index contributed by atoms with van der Waals surface area (Å²) in [5.41, 5.74) is 5.35. The van der Waals surface area contributed by atoms with Crippen molar-refractivity contribution in [1.29, 1.82) is 0 Å². The molecule has 0 bridgehead atoms. The SMILES string of the molecule is CC/C=C\C/C=C\C/C=C\C/C=C\C/C=C\C/C=C\CCCOCC(COP(=O)(O)OCCN)OC(=O)CCCC/C=C\C/C=C\C/C=C\C/C=C\CC. The molecule has 0 spiro atoms. The Morgan fingerprint density at radius 2 is 0.963 bits per heavy atom. The summed E-state index contributed by atoms with van der Waals surface area (Å²) >= 11 is 0. The van der Waals surface area contributed by atoms with Crippen molar-refractivity contribution in [1.82, 2.24) is 0 Å². The predicted octanol–water partition coefficient (Wildman–Crippen LogP) is 11.9. The summed E-state index contributed by atoms with van der Waals surface area (Å²) < 4.78 is 33.2. The van der Waals surface area contributed by atoms with Gasteiger partial charge in [-0.05, 0) is 96.3 Å². The average Bonchev–Trinajstić information content (AvgIpc) is 3.16.